The average molecular weight is 480 g/mol. The first kappa shape index (κ1) is 22.9. The molecule has 2 atom stereocenters. The number of benzene rings is 1. The largest absolute Gasteiger partial charge is 0.445 e. The van der Waals surface area contributed by atoms with Crippen molar-refractivity contribution in [3.63, 3.8) is 0 Å². The molecule has 188 valence electrons. The molecule has 0 aromatic heterocycles. The van der Waals surface area contributed by atoms with Crippen LogP contribution in [0.2, 0.25) is 0 Å². The van der Waals surface area contributed by atoms with Gasteiger partial charge in [0, 0.05) is 18.6 Å². The molecule has 6 aliphatic rings. The molecule has 4 bridgehead atoms. The van der Waals surface area contributed by atoms with E-state index < -0.39 is 18.2 Å². The minimum Gasteiger partial charge on any atom is -0.445 e. The van der Waals surface area contributed by atoms with Gasteiger partial charge in [-0.15, -0.1) is 0 Å². The fraction of sp³-hybridized carbons (Fsp3) is 0.679. The molecule has 6 fully saturated rings. The van der Waals surface area contributed by atoms with E-state index in [2.05, 4.69) is 5.32 Å². The Morgan fingerprint density at radius 3 is 2.11 bits per heavy atom. The number of rotatable bonds is 5. The van der Waals surface area contributed by atoms with E-state index in [4.69, 9.17) is 4.74 Å². The first-order valence-corrected chi connectivity index (χ1v) is 13.6. The molecule has 1 aromatic carbocycles. The van der Waals surface area contributed by atoms with Crippen LogP contribution in [0.4, 0.5) is 4.79 Å². The van der Waals surface area contributed by atoms with Gasteiger partial charge in [0.05, 0.1) is 0 Å². The maximum Gasteiger partial charge on any atom is 0.410 e. The number of nitrogens with zero attached hydrogens (tertiary/aromatic N) is 2. The van der Waals surface area contributed by atoms with Gasteiger partial charge in [-0.3, -0.25) is 14.5 Å². The molecule has 7 nitrogen and oxygen atoms in total. The van der Waals surface area contributed by atoms with Gasteiger partial charge in [-0.1, -0.05) is 30.3 Å². The van der Waals surface area contributed by atoms with Gasteiger partial charge in [-0.25, -0.2) is 4.79 Å². The molecule has 2 aliphatic heterocycles. The SMILES string of the molecule is O=C(NC12CC3CC(CC(C3)C1)C2)[C@@H]1CCCN1C(=O)[C@@H]1CCCN1C(=O)OCc1ccccc1. The lowest BCUT2D eigenvalue weighted by molar-refractivity contribution is -0.143. The number of amides is 3. The van der Waals surface area contributed by atoms with Crippen LogP contribution in [0, 0.1) is 17.8 Å². The van der Waals surface area contributed by atoms with Gasteiger partial charge in [0.25, 0.3) is 0 Å². The summed E-state index contributed by atoms with van der Waals surface area (Å²) in [5.74, 6) is 2.21. The number of likely N-dealkylation sites (tertiary alicyclic amines) is 2. The van der Waals surface area contributed by atoms with Crippen LogP contribution in [0.3, 0.4) is 0 Å². The van der Waals surface area contributed by atoms with Gasteiger partial charge in [0.1, 0.15) is 18.7 Å². The lowest BCUT2D eigenvalue weighted by Gasteiger charge is -2.57. The molecule has 4 saturated carbocycles. The quantitative estimate of drug-likeness (QED) is 0.696. The zero-order chi connectivity index (χ0) is 24.0. The van der Waals surface area contributed by atoms with E-state index in [1.807, 2.05) is 30.3 Å². The summed E-state index contributed by atoms with van der Waals surface area (Å²) >= 11 is 0. The van der Waals surface area contributed by atoms with Crippen LogP contribution in [-0.2, 0) is 20.9 Å². The molecule has 0 spiro atoms. The normalized spacial score (nSPS) is 35.4. The Labute approximate surface area is 207 Å². The van der Waals surface area contributed by atoms with Crippen molar-refractivity contribution in [2.45, 2.75) is 88.4 Å². The van der Waals surface area contributed by atoms with Gasteiger partial charge >= 0.3 is 6.09 Å². The van der Waals surface area contributed by atoms with Crippen molar-refractivity contribution in [1.29, 1.82) is 0 Å². The fourth-order valence-corrected chi connectivity index (χ4v) is 8.15. The number of carbonyl (C=O) groups is 3. The third-order valence-corrected chi connectivity index (χ3v) is 9.24. The van der Waals surface area contributed by atoms with Gasteiger partial charge in [0.15, 0.2) is 0 Å². The smallest absolute Gasteiger partial charge is 0.410 e. The predicted molar refractivity (Wildman–Crippen MR) is 130 cm³/mol. The summed E-state index contributed by atoms with van der Waals surface area (Å²) in [6.45, 7) is 1.29. The summed E-state index contributed by atoms with van der Waals surface area (Å²) in [7, 11) is 0. The molecule has 1 aromatic rings. The molecular weight excluding hydrogens is 442 g/mol. The van der Waals surface area contributed by atoms with E-state index in [9.17, 15) is 14.4 Å². The lowest BCUT2D eigenvalue weighted by Crippen LogP contribution is -2.63. The van der Waals surface area contributed by atoms with Crippen molar-refractivity contribution in [2.24, 2.45) is 17.8 Å². The van der Waals surface area contributed by atoms with E-state index in [1.165, 1.54) is 19.3 Å². The second-order valence-corrected chi connectivity index (χ2v) is 11.8. The maximum atomic E-state index is 13.6. The minimum absolute atomic E-state index is 0.0222. The van der Waals surface area contributed by atoms with Gasteiger partial charge in [0.2, 0.25) is 11.8 Å². The lowest BCUT2D eigenvalue weighted by atomic mass is 9.53. The third-order valence-electron chi connectivity index (χ3n) is 9.24. The molecule has 0 radical (unpaired) electrons. The topological polar surface area (TPSA) is 79.0 Å². The molecule has 7 rings (SSSR count). The summed E-state index contributed by atoms with van der Waals surface area (Å²) in [6, 6.07) is 8.62. The molecule has 0 unspecified atom stereocenters. The van der Waals surface area contributed by atoms with Gasteiger partial charge in [-0.2, -0.15) is 0 Å². The molecule has 35 heavy (non-hydrogen) atoms. The number of hydrogen-bond acceptors (Lipinski definition) is 4. The van der Waals surface area contributed by atoms with Crippen LogP contribution in [0.1, 0.15) is 69.8 Å². The molecule has 2 heterocycles. The van der Waals surface area contributed by atoms with Gasteiger partial charge in [-0.05, 0) is 87.5 Å². The van der Waals surface area contributed by atoms with E-state index in [0.717, 1.165) is 55.4 Å². The molecule has 1 N–H and O–H groups in total. The first-order chi connectivity index (χ1) is 17.0. The highest BCUT2D eigenvalue weighted by atomic mass is 16.6. The average Bonchev–Trinajstić information content (AvgIpc) is 3.52. The van der Waals surface area contributed by atoms with Crippen LogP contribution in [0.15, 0.2) is 30.3 Å². The Morgan fingerprint density at radius 1 is 0.857 bits per heavy atom. The summed E-state index contributed by atoms with van der Waals surface area (Å²) in [5.41, 5.74) is 0.868. The number of nitrogens with one attached hydrogen (secondary N) is 1. The van der Waals surface area contributed by atoms with Crippen molar-refractivity contribution in [3.05, 3.63) is 35.9 Å². The van der Waals surface area contributed by atoms with Crippen LogP contribution in [-0.4, -0.2) is 58.4 Å². The Kier molecular flexibility index (Phi) is 5.97. The standard InChI is InChI=1S/C28H37N3O4/c32-25(29-28-15-20-12-21(16-28)14-22(13-20)17-28)23-8-4-10-30(23)26(33)24-9-5-11-31(24)27(34)35-18-19-6-2-1-3-7-19/h1-3,6-7,20-24H,4-5,8-18H2,(H,29,32)/t20?,21?,22?,23-,24-,28?/m0/s1. The Bertz CT molecular complexity index is 944. The van der Waals surface area contributed by atoms with Crippen molar-refractivity contribution < 1.29 is 19.1 Å². The van der Waals surface area contributed by atoms with Crippen molar-refractivity contribution in [3.8, 4) is 0 Å². The molecular formula is C28H37N3O4. The monoisotopic (exact) mass is 479 g/mol. The Hall–Kier alpha value is -2.57. The molecule has 3 amide bonds. The van der Waals surface area contributed by atoms with E-state index in [0.29, 0.717) is 25.9 Å². The van der Waals surface area contributed by atoms with E-state index in [1.54, 1.807) is 9.80 Å². The number of ether oxygens (including phenoxy) is 1. The summed E-state index contributed by atoms with van der Waals surface area (Å²) < 4.78 is 5.53. The van der Waals surface area contributed by atoms with Crippen LogP contribution >= 0.6 is 0 Å². The molecule has 4 aliphatic carbocycles. The number of carbonyl (C=O) groups excluding carboxylic acids is 3. The molecule has 7 heteroatoms. The zero-order valence-electron chi connectivity index (χ0n) is 20.5. The predicted octanol–water partition coefficient (Wildman–Crippen LogP) is 3.86. The highest BCUT2D eigenvalue weighted by Crippen LogP contribution is 2.55. The minimum atomic E-state index is -0.536. The van der Waals surface area contributed by atoms with E-state index in [-0.39, 0.29) is 24.0 Å². The molecule has 2 saturated heterocycles. The van der Waals surface area contributed by atoms with Gasteiger partial charge < -0.3 is 15.0 Å². The van der Waals surface area contributed by atoms with Crippen molar-refractivity contribution in [1.82, 2.24) is 15.1 Å². The summed E-state index contributed by atoms with van der Waals surface area (Å²) in [4.78, 5) is 43.3. The van der Waals surface area contributed by atoms with E-state index >= 15 is 0 Å². The summed E-state index contributed by atoms with van der Waals surface area (Å²) in [5, 5.41) is 3.48. The second kappa shape index (κ2) is 9.14. The number of hydrogen-bond donors (Lipinski definition) is 1. The maximum absolute atomic E-state index is 13.6. The fourth-order valence-electron chi connectivity index (χ4n) is 8.15. The second-order valence-electron chi connectivity index (χ2n) is 11.8. The van der Waals surface area contributed by atoms with Crippen LogP contribution in [0.5, 0.6) is 0 Å². The van der Waals surface area contributed by atoms with Crippen molar-refractivity contribution >= 4 is 17.9 Å². The van der Waals surface area contributed by atoms with Crippen LogP contribution in [0.25, 0.3) is 0 Å². The highest BCUT2D eigenvalue weighted by Gasteiger charge is 2.52. The summed E-state index contributed by atoms with van der Waals surface area (Å²) in [6.07, 6.45) is 9.81. The first-order valence-electron chi connectivity index (χ1n) is 13.6. The van der Waals surface area contributed by atoms with Crippen LogP contribution < -0.4 is 5.32 Å². The van der Waals surface area contributed by atoms with Crippen molar-refractivity contribution in [2.75, 3.05) is 13.1 Å². The Morgan fingerprint density at radius 2 is 1.46 bits per heavy atom. The zero-order valence-corrected chi connectivity index (χ0v) is 20.5. The Balaban J connectivity index is 1.09. The third kappa shape index (κ3) is 4.43. The highest BCUT2D eigenvalue weighted by molar-refractivity contribution is 5.92.